The van der Waals surface area contributed by atoms with Gasteiger partial charge in [-0.3, -0.25) is 4.68 Å². The van der Waals surface area contributed by atoms with Gasteiger partial charge in [-0.2, -0.15) is 9.78 Å². The number of rotatable bonds is 3. The van der Waals surface area contributed by atoms with Crippen molar-refractivity contribution in [3.8, 4) is 5.69 Å². The van der Waals surface area contributed by atoms with Gasteiger partial charge < -0.3 is 5.73 Å². The van der Waals surface area contributed by atoms with Crippen molar-refractivity contribution in [2.75, 3.05) is 5.73 Å². The summed E-state index contributed by atoms with van der Waals surface area (Å²) in [6, 6.07) is 7.31. The molecular formula is C11H11Cl2N7. The molecular weight excluding hydrogens is 301 g/mol. The molecule has 0 amide bonds. The number of nitrogens with two attached hydrogens (primary N) is 1. The Morgan fingerprint density at radius 2 is 2.15 bits per heavy atom. The van der Waals surface area contributed by atoms with Crippen LogP contribution >= 0.6 is 24.0 Å². The maximum Gasteiger partial charge on any atom is 0.178 e. The van der Waals surface area contributed by atoms with Gasteiger partial charge in [-0.1, -0.05) is 17.7 Å². The van der Waals surface area contributed by atoms with Crippen LogP contribution in [0.2, 0.25) is 5.02 Å². The van der Waals surface area contributed by atoms with Crippen molar-refractivity contribution >= 4 is 29.7 Å². The minimum atomic E-state index is 0. The van der Waals surface area contributed by atoms with Gasteiger partial charge in [-0.05, 0) is 28.6 Å². The zero-order valence-electron chi connectivity index (χ0n) is 10.2. The summed E-state index contributed by atoms with van der Waals surface area (Å²) in [5, 5.41) is 16.3. The van der Waals surface area contributed by atoms with Gasteiger partial charge in [0, 0.05) is 11.2 Å². The molecule has 3 aromatic rings. The summed E-state index contributed by atoms with van der Waals surface area (Å²) in [7, 11) is 0. The molecule has 3 rings (SSSR count). The zero-order valence-corrected chi connectivity index (χ0v) is 11.8. The second kappa shape index (κ2) is 5.89. The number of nitrogen functional groups attached to an aromatic ring is 1. The van der Waals surface area contributed by atoms with Crippen LogP contribution in [0.25, 0.3) is 5.69 Å². The number of hydrogen-bond donors (Lipinski definition) is 1. The van der Waals surface area contributed by atoms with E-state index in [0.29, 0.717) is 23.1 Å². The molecule has 9 heteroatoms. The van der Waals surface area contributed by atoms with Gasteiger partial charge in [0.2, 0.25) is 0 Å². The number of halogens is 2. The topological polar surface area (TPSA) is 87.4 Å². The van der Waals surface area contributed by atoms with E-state index in [0.717, 1.165) is 5.69 Å². The fourth-order valence-electron chi connectivity index (χ4n) is 1.72. The van der Waals surface area contributed by atoms with E-state index < -0.39 is 0 Å². The van der Waals surface area contributed by atoms with Crippen LogP contribution in [0.3, 0.4) is 0 Å². The lowest BCUT2D eigenvalue weighted by Gasteiger charge is -2.04. The van der Waals surface area contributed by atoms with E-state index in [1.54, 1.807) is 33.9 Å². The maximum absolute atomic E-state index is 5.96. The monoisotopic (exact) mass is 311 g/mol. The van der Waals surface area contributed by atoms with Gasteiger partial charge in [0.1, 0.15) is 6.54 Å². The average molecular weight is 312 g/mol. The minimum Gasteiger partial charge on any atom is -0.396 e. The van der Waals surface area contributed by atoms with E-state index in [1.807, 2.05) is 12.1 Å². The summed E-state index contributed by atoms with van der Waals surface area (Å²) in [6.45, 7) is 0.427. The Bertz CT molecular complexity index is 706. The third-order valence-electron chi connectivity index (χ3n) is 2.54. The van der Waals surface area contributed by atoms with Crippen molar-refractivity contribution in [3.05, 3.63) is 47.5 Å². The predicted octanol–water partition coefficient (Wildman–Crippen LogP) is 1.56. The summed E-state index contributed by atoms with van der Waals surface area (Å²) < 4.78 is 3.28. The number of anilines is 1. The van der Waals surface area contributed by atoms with E-state index >= 15 is 0 Å². The van der Waals surface area contributed by atoms with Crippen LogP contribution < -0.4 is 5.73 Å². The summed E-state index contributed by atoms with van der Waals surface area (Å²) in [5.74, 6) is 0.644. The molecule has 0 aliphatic rings. The molecule has 2 aromatic heterocycles. The number of nitrogens with zero attached hydrogens (tertiary/aromatic N) is 6. The molecule has 0 atom stereocenters. The molecule has 0 spiro atoms. The Hall–Kier alpha value is -2.12. The van der Waals surface area contributed by atoms with Crippen molar-refractivity contribution in [1.82, 2.24) is 30.0 Å². The van der Waals surface area contributed by atoms with Gasteiger partial charge in [0.25, 0.3) is 0 Å². The van der Waals surface area contributed by atoms with Crippen molar-refractivity contribution in [2.24, 2.45) is 0 Å². The number of tetrazole rings is 1. The summed E-state index contributed by atoms with van der Waals surface area (Å²) >= 11 is 5.96. The van der Waals surface area contributed by atoms with Crippen molar-refractivity contribution in [3.63, 3.8) is 0 Å². The average Bonchev–Trinajstić information content (AvgIpc) is 2.99. The highest BCUT2D eigenvalue weighted by Crippen LogP contribution is 2.15. The fourth-order valence-corrected chi connectivity index (χ4v) is 1.91. The summed E-state index contributed by atoms with van der Waals surface area (Å²) in [4.78, 5) is 0. The van der Waals surface area contributed by atoms with Crippen LogP contribution in [0.5, 0.6) is 0 Å². The first-order valence-electron chi connectivity index (χ1n) is 5.53. The standard InChI is InChI=1S/C11H10ClN7.ClH/c12-8-2-1-3-10(4-8)19-11(15-16-17-19)7-18-6-9(13)5-14-18;/h1-6H,7,13H2;1H. The van der Waals surface area contributed by atoms with E-state index in [-0.39, 0.29) is 12.4 Å². The molecule has 0 fully saturated rings. The fraction of sp³-hybridized carbons (Fsp3) is 0.0909. The molecule has 0 radical (unpaired) electrons. The molecule has 0 bridgehead atoms. The van der Waals surface area contributed by atoms with Gasteiger partial charge >= 0.3 is 0 Å². The van der Waals surface area contributed by atoms with Gasteiger partial charge in [-0.15, -0.1) is 17.5 Å². The van der Waals surface area contributed by atoms with Crippen molar-refractivity contribution in [1.29, 1.82) is 0 Å². The van der Waals surface area contributed by atoms with E-state index in [1.165, 1.54) is 0 Å². The van der Waals surface area contributed by atoms with E-state index in [9.17, 15) is 0 Å². The Morgan fingerprint density at radius 3 is 2.85 bits per heavy atom. The molecule has 0 saturated carbocycles. The molecule has 2 heterocycles. The normalized spacial score (nSPS) is 10.2. The highest BCUT2D eigenvalue weighted by Gasteiger charge is 2.09. The van der Waals surface area contributed by atoms with Crippen LogP contribution in [0.1, 0.15) is 5.82 Å². The maximum atomic E-state index is 5.96. The molecule has 0 aliphatic carbocycles. The number of hydrogen-bond acceptors (Lipinski definition) is 5. The van der Waals surface area contributed by atoms with Crippen molar-refractivity contribution < 1.29 is 0 Å². The highest BCUT2D eigenvalue weighted by atomic mass is 35.5. The van der Waals surface area contributed by atoms with Crippen LogP contribution in [-0.4, -0.2) is 30.0 Å². The van der Waals surface area contributed by atoms with Crippen LogP contribution in [0.15, 0.2) is 36.7 Å². The van der Waals surface area contributed by atoms with E-state index in [2.05, 4.69) is 20.6 Å². The third-order valence-corrected chi connectivity index (χ3v) is 2.78. The Kier molecular flexibility index (Phi) is 4.21. The molecule has 7 nitrogen and oxygen atoms in total. The quantitative estimate of drug-likeness (QED) is 0.793. The van der Waals surface area contributed by atoms with Gasteiger partial charge in [0.05, 0.1) is 17.6 Å². The lowest BCUT2D eigenvalue weighted by Crippen LogP contribution is -2.09. The molecule has 1 aromatic carbocycles. The largest absolute Gasteiger partial charge is 0.396 e. The first-order valence-corrected chi connectivity index (χ1v) is 5.91. The Morgan fingerprint density at radius 1 is 1.30 bits per heavy atom. The predicted molar refractivity (Wildman–Crippen MR) is 77.2 cm³/mol. The second-order valence-corrected chi connectivity index (χ2v) is 4.39. The number of benzene rings is 1. The minimum absolute atomic E-state index is 0. The molecule has 0 aliphatic heterocycles. The van der Waals surface area contributed by atoms with E-state index in [4.69, 9.17) is 17.3 Å². The first-order chi connectivity index (χ1) is 9.22. The first kappa shape index (κ1) is 14.3. The molecule has 0 unspecified atom stereocenters. The zero-order chi connectivity index (χ0) is 13.2. The Labute approximate surface area is 125 Å². The lowest BCUT2D eigenvalue weighted by atomic mass is 10.3. The lowest BCUT2D eigenvalue weighted by molar-refractivity contribution is 0.634. The second-order valence-electron chi connectivity index (χ2n) is 3.96. The summed E-state index contributed by atoms with van der Waals surface area (Å²) in [5.41, 5.74) is 7.01. The number of aromatic nitrogens is 6. The van der Waals surface area contributed by atoms with Gasteiger partial charge in [0.15, 0.2) is 5.82 Å². The molecule has 0 saturated heterocycles. The summed E-state index contributed by atoms with van der Waals surface area (Å²) in [6.07, 6.45) is 3.30. The van der Waals surface area contributed by atoms with Gasteiger partial charge in [-0.25, -0.2) is 0 Å². The highest BCUT2D eigenvalue weighted by molar-refractivity contribution is 6.30. The third kappa shape index (κ3) is 2.89. The molecule has 20 heavy (non-hydrogen) atoms. The molecule has 104 valence electrons. The van der Waals surface area contributed by atoms with Crippen LogP contribution in [0, 0.1) is 0 Å². The smallest absolute Gasteiger partial charge is 0.178 e. The SMILES string of the molecule is Cl.Nc1cnn(Cc2nnnn2-c2cccc(Cl)c2)c1. The Balaban J connectivity index is 0.00000147. The van der Waals surface area contributed by atoms with Crippen molar-refractivity contribution in [2.45, 2.75) is 6.54 Å². The molecule has 2 N–H and O–H groups in total. The van der Waals surface area contributed by atoms with Crippen LogP contribution in [-0.2, 0) is 6.54 Å². The van der Waals surface area contributed by atoms with Crippen LogP contribution in [0.4, 0.5) is 5.69 Å².